The van der Waals surface area contributed by atoms with Gasteiger partial charge in [0.25, 0.3) is 5.91 Å². The van der Waals surface area contributed by atoms with Gasteiger partial charge in [0.2, 0.25) is 5.89 Å². The van der Waals surface area contributed by atoms with Crippen molar-refractivity contribution in [2.45, 2.75) is 19.4 Å². The van der Waals surface area contributed by atoms with Gasteiger partial charge >= 0.3 is 5.76 Å². The van der Waals surface area contributed by atoms with Crippen LogP contribution in [0.2, 0.25) is 0 Å². The van der Waals surface area contributed by atoms with Gasteiger partial charge in [0.1, 0.15) is 0 Å². The number of aliphatic hydroxyl groups is 1. The second-order valence-electron chi connectivity index (χ2n) is 4.44. The van der Waals surface area contributed by atoms with Crippen molar-refractivity contribution in [1.82, 2.24) is 15.5 Å². The minimum absolute atomic E-state index is 0.0449. The number of aromatic nitrogens is 2. The number of aromatic amines is 1. The van der Waals surface area contributed by atoms with Crippen LogP contribution in [0.15, 0.2) is 33.5 Å². The van der Waals surface area contributed by atoms with Gasteiger partial charge in [-0.2, -0.15) is 0 Å². The molecule has 0 fully saturated rings. The minimum atomic E-state index is -0.879. The van der Waals surface area contributed by atoms with E-state index in [9.17, 15) is 14.7 Å². The molecule has 7 nitrogen and oxygen atoms in total. The number of carbonyl (C=O) groups is 1. The van der Waals surface area contributed by atoms with E-state index in [1.54, 1.807) is 12.1 Å². The highest BCUT2D eigenvalue weighted by Crippen LogP contribution is 2.03. The van der Waals surface area contributed by atoms with Crippen LogP contribution in [0.25, 0.3) is 0 Å². The number of aliphatic hydroxyl groups excluding tert-OH is 1. The molecule has 0 bridgehead atoms. The zero-order valence-corrected chi connectivity index (χ0v) is 10.9. The molecule has 7 heteroatoms. The third-order valence-electron chi connectivity index (χ3n) is 2.70. The number of rotatable bonds is 5. The number of nitrogens with one attached hydrogen (secondary N) is 2. The first-order chi connectivity index (χ1) is 9.54. The van der Waals surface area contributed by atoms with Crippen molar-refractivity contribution in [2.24, 2.45) is 0 Å². The number of benzene rings is 1. The Bertz CT molecular complexity index is 630. The molecule has 2 rings (SSSR count). The van der Waals surface area contributed by atoms with E-state index in [2.05, 4.69) is 19.9 Å². The van der Waals surface area contributed by atoms with Gasteiger partial charge in [-0.05, 0) is 19.1 Å². The Hall–Kier alpha value is -2.41. The Balaban J connectivity index is 1.83. The van der Waals surface area contributed by atoms with Gasteiger partial charge in [0.15, 0.2) is 0 Å². The summed E-state index contributed by atoms with van der Waals surface area (Å²) in [6.45, 7) is 1.98. The van der Waals surface area contributed by atoms with Crippen LogP contribution in [-0.2, 0) is 6.42 Å². The summed E-state index contributed by atoms with van der Waals surface area (Å²) >= 11 is 0. The molecule has 3 N–H and O–H groups in total. The topological polar surface area (TPSA) is 108 Å². The minimum Gasteiger partial charge on any atom is -0.392 e. The molecule has 0 aliphatic rings. The lowest BCUT2D eigenvalue weighted by Gasteiger charge is -2.10. The molecule has 106 valence electrons. The van der Waals surface area contributed by atoms with E-state index >= 15 is 0 Å². The van der Waals surface area contributed by atoms with Crippen molar-refractivity contribution < 1.29 is 14.3 Å². The first-order valence-corrected chi connectivity index (χ1v) is 6.12. The van der Waals surface area contributed by atoms with E-state index in [-0.39, 0.29) is 24.8 Å². The van der Waals surface area contributed by atoms with Gasteiger partial charge in [0.05, 0.1) is 12.5 Å². The quantitative estimate of drug-likeness (QED) is 0.713. The largest absolute Gasteiger partial charge is 0.434 e. The smallest absolute Gasteiger partial charge is 0.392 e. The molecule has 0 saturated heterocycles. The Labute approximate surface area is 114 Å². The second kappa shape index (κ2) is 6.16. The van der Waals surface area contributed by atoms with Crippen molar-refractivity contribution in [3.8, 4) is 0 Å². The molecule has 0 spiro atoms. The van der Waals surface area contributed by atoms with E-state index < -0.39 is 11.9 Å². The standard InChI is InChI=1S/C13H15N3O4/c1-8-2-4-9(5-3-8)12(18)14-7-10(17)6-11-15-16-13(19)20-11/h2-5,10,17H,6-7H2,1H3,(H,14,18)(H,16,19). The molecule has 0 radical (unpaired) electrons. The Morgan fingerprint density at radius 2 is 2.15 bits per heavy atom. The average molecular weight is 277 g/mol. The maximum Gasteiger partial charge on any atom is 0.434 e. The molecule has 2 aromatic rings. The molecule has 0 saturated carbocycles. The van der Waals surface area contributed by atoms with Crippen LogP contribution in [0.5, 0.6) is 0 Å². The number of hydrogen-bond donors (Lipinski definition) is 3. The van der Waals surface area contributed by atoms with Gasteiger partial charge in [0, 0.05) is 12.1 Å². The molecule has 0 aliphatic carbocycles. The monoisotopic (exact) mass is 277 g/mol. The zero-order valence-electron chi connectivity index (χ0n) is 10.9. The molecule has 1 aromatic heterocycles. The maximum absolute atomic E-state index is 11.8. The van der Waals surface area contributed by atoms with Crippen LogP contribution in [-0.4, -0.2) is 33.9 Å². The molecule has 1 atom stereocenters. The van der Waals surface area contributed by atoms with Crippen LogP contribution < -0.4 is 11.1 Å². The number of carbonyl (C=O) groups excluding carboxylic acids is 1. The fraction of sp³-hybridized carbons (Fsp3) is 0.308. The summed E-state index contributed by atoms with van der Waals surface area (Å²) in [5.41, 5.74) is 1.59. The molecular formula is C13H15N3O4. The van der Waals surface area contributed by atoms with Crippen molar-refractivity contribution in [2.75, 3.05) is 6.54 Å². The highest BCUT2D eigenvalue weighted by atomic mass is 16.4. The van der Waals surface area contributed by atoms with Crippen LogP contribution in [0.1, 0.15) is 21.8 Å². The summed E-state index contributed by atoms with van der Waals surface area (Å²) in [6, 6.07) is 7.10. The lowest BCUT2D eigenvalue weighted by atomic mass is 10.1. The normalized spacial score (nSPS) is 12.1. The highest BCUT2D eigenvalue weighted by Gasteiger charge is 2.12. The van der Waals surface area contributed by atoms with Gasteiger partial charge in [-0.3, -0.25) is 4.79 Å². The fourth-order valence-corrected chi connectivity index (χ4v) is 1.64. The van der Waals surface area contributed by atoms with Crippen molar-refractivity contribution >= 4 is 5.91 Å². The zero-order chi connectivity index (χ0) is 14.5. The van der Waals surface area contributed by atoms with Gasteiger partial charge in [-0.25, -0.2) is 9.89 Å². The molecule has 0 aliphatic heterocycles. The van der Waals surface area contributed by atoms with Crippen molar-refractivity contribution in [3.05, 3.63) is 51.8 Å². The van der Waals surface area contributed by atoms with Crippen LogP contribution in [0.4, 0.5) is 0 Å². The van der Waals surface area contributed by atoms with Gasteiger partial charge < -0.3 is 14.8 Å². The maximum atomic E-state index is 11.8. The molecular weight excluding hydrogens is 262 g/mol. The average Bonchev–Trinajstić information content (AvgIpc) is 2.82. The fourth-order valence-electron chi connectivity index (χ4n) is 1.64. The van der Waals surface area contributed by atoms with Crippen molar-refractivity contribution in [1.29, 1.82) is 0 Å². The Morgan fingerprint density at radius 1 is 1.45 bits per heavy atom. The Kier molecular flexibility index (Phi) is 4.31. The first-order valence-electron chi connectivity index (χ1n) is 6.12. The number of hydrogen-bond acceptors (Lipinski definition) is 5. The van der Waals surface area contributed by atoms with E-state index in [1.807, 2.05) is 19.1 Å². The predicted octanol–water partition coefficient (Wildman–Crippen LogP) is 0.00472. The van der Waals surface area contributed by atoms with E-state index in [4.69, 9.17) is 0 Å². The number of H-pyrrole nitrogens is 1. The van der Waals surface area contributed by atoms with E-state index in [1.165, 1.54) is 0 Å². The first kappa shape index (κ1) is 14.0. The molecule has 1 aromatic carbocycles. The number of aryl methyl sites for hydroxylation is 1. The van der Waals surface area contributed by atoms with E-state index in [0.717, 1.165) is 5.56 Å². The lowest BCUT2D eigenvalue weighted by Crippen LogP contribution is -2.33. The van der Waals surface area contributed by atoms with Gasteiger partial charge in [-0.15, -0.1) is 5.10 Å². The summed E-state index contributed by atoms with van der Waals surface area (Å²) in [5, 5.41) is 18.0. The number of amides is 1. The predicted molar refractivity (Wildman–Crippen MR) is 70.3 cm³/mol. The third kappa shape index (κ3) is 3.79. The second-order valence-corrected chi connectivity index (χ2v) is 4.44. The number of nitrogens with zero attached hydrogens (tertiary/aromatic N) is 1. The van der Waals surface area contributed by atoms with E-state index in [0.29, 0.717) is 5.56 Å². The third-order valence-corrected chi connectivity index (χ3v) is 2.70. The molecule has 1 amide bonds. The summed E-state index contributed by atoms with van der Waals surface area (Å²) in [5.74, 6) is -0.837. The SMILES string of the molecule is Cc1ccc(C(=O)NCC(O)Cc2n[nH]c(=O)o2)cc1. The van der Waals surface area contributed by atoms with Crippen LogP contribution in [0.3, 0.4) is 0 Å². The summed E-state index contributed by atoms with van der Waals surface area (Å²) < 4.78 is 4.66. The molecule has 20 heavy (non-hydrogen) atoms. The Morgan fingerprint density at radius 3 is 2.75 bits per heavy atom. The summed E-state index contributed by atoms with van der Waals surface area (Å²) in [6.07, 6.45) is -0.830. The van der Waals surface area contributed by atoms with Crippen LogP contribution >= 0.6 is 0 Å². The molecule has 1 heterocycles. The molecule has 1 unspecified atom stereocenters. The van der Waals surface area contributed by atoms with Crippen molar-refractivity contribution in [3.63, 3.8) is 0 Å². The summed E-state index contributed by atoms with van der Waals surface area (Å²) in [4.78, 5) is 22.5. The van der Waals surface area contributed by atoms with Crippen LogP contribution in [0, 0.1) is 6.92 Å². The highest BCUT2D eigenvalue weighted by molar-refractivity contribution is 5.94. The van der Waals surface area contributed by atoms with Gasteiger partial charge in [-0.1, -0.05) is 17.7 Å². The summed E-state index contributed by atoms with van der Waals surface area (Å²) in [7, 11) is 0. The lowest BCUT2D eigenvalue weighted by molar-refractivity contribution is 0.0911.